The monoisotopic (exact) mass is 309 g/mol. The predicted molar refractivity (Wildman–Crippen MR) is 84.1 cm³/mol. The lowest BCUT2D eigenvalue weighted by Crippen LogP contribution is -2.21. The van der Waals surface area contributed by atoms with Crippen molar-refractivity contribution in [3.05, 3.63) is 45.7 Å². The van der Waals surface area contributed by atoms with E-state index in [1.165, 1.54) is 0 Å². The minimum atomic E-state index is -0.715. The van der Waals surface area contributed by atoms with E-state index in [0.29, 0.717) is 10.6 Å². The first-order valence-corrected chi connectivity index (χ1v) is 7.13. The highest BCUT2D eigenvalue weighted by molar-refractivity contribution is 6.37. The Hall–Kier alpha value is -1.81. The number of benzene rings is 1. The lowest BCUT2D eigenvalue weighted by atomic mass is 9.94. The second-order valence-corrected chi connectivity index (χ2v) is 5.35. The lowest BCUT2D eigenvalue weighted by molar-refractivity contribution is -0.138. The van der Waals surface area contributed by atoms with Crippen LogP contribution in [0.5, 0.6) is 0 Å². The molecule has 0 fully saturated rings. The SMILES string of the molecule is CCOC(=O)/C(C(=N)c1c(C)cccc1Cl)=C(/O)C(C)C. The molecule has 0 amide bonds. The van der Waals surface area contributed by atoms with E-state index in [1.807, 2.05) is 0 Å². The molecule has 2 N–H and O–H groups in total. The van der Waals surface area contributed by atoms with Gasteiger partial charge in [-0.25, -0.2) is 4.79 Å². The zero-order chi connectivity index (χ0) is 16.2. The van der Waals surface area contributed by atoms with Crippen molar-refractivity contribution < 1.29 is 14.6 Å². The standard InChI is InChI=1S/C16H20ClNO3/c1-5-21-16(20)13(15(19)9(2)3)14(18)12-10(4)7-6-8-11(12)17/h6-9,18-19H,5H2,1-4H3/b15-13+,18-14?. The molecule has 0 aliphatic carbocycles. The Morgan fingerprint density at radius 2 is 2.05 bits per heavy atom. The van der Waals surface area contributed by atoms with E-state index in [2.05, 4.69) is 0 Å². The fraction of sp³-hybridized carbons (Fsp3) is 0.375. The zero-order valence-corrected chi connectivity index (χ0v) is 13.4. The van der Waals surface area contributed by atoms with Crippen molar-refractivity contribution in [3.63, 3.8) is 0 Å². The largest absolute Gasteiger partial charge is 0.511 e. The van der Waals surface area contributed by atoms with Crippen molar-refractivity contribution in [1.82, 2.24) is 0 Å². The highest BCUT2D eigenvalue weighted by Gasteiger charge is 2.26. The molecule has 114 valence electrons. The fourth-order valence-electron chi connectivity index (χ4n) is 1.90. The Labute approximate surface area is 129 Å². The molecule has 1 aromatic carbocycles. The van der Waals surface area contributed by atoms with Gasteiger partial charge in [-0.15, -0.1) is 0 Å². The topological polar surface area (TPSA) is 70.4 Å². The van der Waals surface area contributed by atoms with Crippen LogP contribution in [-0.2, 0) is 9.53 Å². The quantitative estimate of drug-likeness (QED) is 0.373. The number of halogens is 1. The third kappa shape index (κ3) is 3.85. The van der Waals surface area contributed by atoms with Crippen molar-refractivity contribution in [2.24, 2.45) is 5.92 Å². The molecule has 0 saturated carbocycles. The molecule has 0 bridgehead atoms. The first kappa shape index (κ1) is 17.2. The van der Waals surface area contributed by atoms with Gasteiger partial charge in [-0.05, 0) is 25.5 Å². The molecule has 4 nitrogen and oxygen atoms in total. The van der Waals surface area contributed by atoms with Crippen LogP contribution in [-0.4, -0.2) is 23.4 Å². The summed E-state index contributed by atoms with van der Waals surface area (Å²) in [5, 5.41) is 18.8. The molecule has 1 rings (SSSR count). The number of aryl methyl sites for hydroxylation is 1. The molecule has 0 aliphatic heterocycles. The Balaban J connectivity index is 3.44. The van der Waals surface area contributed by atoms with Crippen molar-refractivity contribution in [3.8, 4) is 0 Å². The van der Waals surface area contributed by atoms with Crippen molar-refractivity contribution in [2.45, 2.75) is 27.7 Å². The number of hydrogen-bond donors (Lipinski definition) is 2. The van der Waals surface area contributed by atoms with Gasteiger partial charge in [-0.3, -0.25) is 5.41 Å². The van der Waals surface area contributed by atoms with Crippen molar-refractivity contribution in [1.29, 1.82) is 5.41 Å². The first-order valence-electron chi connectivity index (χ1n) is 6.75. The van der Waals surface area contributed by atoms with Crippen LogP contribution in [0.25, 0.3) is 0 Å². The highest BCUT2D eigenvalue weighted by atomic mass is 35.5. The number of carbonyl (C=O) groups excluding carboxylic acids is 1. The molecule has 0 aliphatic rings. The van der Waals surface area contributed by atoms with E-state index < -0.39 is 5.97 Å². The van der Waals surface area contributed by atoms with Gasteiger partial charge in [0.05, 0.1) is 17.3 Å². The van der Waals surface area contributed by atoms with Gasteiger partial charge in [0.15, 0.2) is 0 Å². The van der Waals surface area contributed by atoms with Gasteiger partial charge in [-0.1, -0.05) is 37.6 Å². The molecule has 0 saturated heterocycles. The summed E-state index contributed by atoms with van der Waals surface area (Å²) < 4.78 is 4.96. The third-order valence-corrected chi connectivity index (χ3v) is 3.32. The Kier molecular flexibility index (Phi) is 5.97. The van der Waals surface area contributed by atoms with E-state index >= 15 is 0 Å². The number of nitrogens with one attached hydrogen (secondary N) is 1. The summed E-state index contributed by atoms with van der Waals surface area (Å²) in [6, 6.07) is 5.21. The number of allylic oxidation sites excluding steroid dienone is 1. The maximum Gasteiger partial charge on any atom is 0.343 e. The van der Waals surface area contributed by atoms with Gasteiger partial charge in [0.2, 0.25) is 0 Å². The van der Waals surface area contributed by atoms with E-state index in [4.69, 9.17) is 21.7 Å². The second kappa shape index (κ2) is 7.27. The number of aliphatic hydroxyl groups is 1. The van der Waals surface area contributed by atoms with Crippen LogP contribution in [0, 0.1) is 18.3 Å². The Morgan fingerprint density at radius 1 is 1.43 bits per heavy atom. The molecule has 5 heteroatoms. The number of aliphatic hydroxyl groups excluding tert-OH is 1. The van der Waals surface area contributed by atoms with Crippen LogP contribution >= 0.6 is 11.6 Å². The summed E-state index contributed by atoms with van der Waals surface area (Å²) in [6.45, 7) is 7.11. The van der Waals surface area contributed by atoms with Gasteiger partial charge in [-0.2, -0.15) is 0 Å². The van der Waals surface area contributed by atoms with Gasteiger partial charge in [0, 0.05) is 11.5 Å². The lowest BCUT2D eigenvalue weighted by Gasteiger charge is -2.16. The van der Waals surface area contributed by atoms with Crippen LogP contribution in [0.3, 0.4) is 0 Å². The zero-order valence-electron chi connectivity index (χ0n) is 12.7. The summed E-state index contributed by atoms with van der Waals surface area (Å²) in [7, 11) is 0. The first-order chi connectivity index (χ1) is 9.81. The minimum absolute atomic E-state index is 0.122. The molecule has 0 heterocycles. The number of ether oxygens (including phenoxy) is 1. The van der Waals surface area contributed by atoms with Crippen LogP contribution in [0.2, 0.25) is 5.02 Å². The summed E-state index contributed by atoms with van der Waals surface area (Å²) in [6.07, 6.45) is 0. The van der Waals surface area contributed by atoms with Crippen LogP contribution in [0.4, 0.5) is 0 Å². The second-order valence-electron chi connectivity index (χ2n) is 4.94. The highest BCUT2D eigenvalue weighted by Crippen LogP contribution is 2.25. The molecule has 21 heavy (non-hydrogen) atoms. The summed E-state index contributed by atoms with van der Waals surface area (Å²) >= 11 is 6.14. The summed E-state index contributed by atoms with van der Waals surface area (Å²) in [5.74, 6) is -1.18. The van der Waals surface area contributed by atoms with Crippen molar-refractivity contribution >= 4 is 23.3 Å². The number of rotatable bonds is 5. The average molecular weight is 310 g/mol. The number of carbonyl (C=O) groups is 1. The van der Waals surface area contributed by atoms with Crippen LogP contribution < -0.4 is 0 Å². The van der Waals surface area contributed by atoms with Crippen molar-refractivity contribution in [2.75, 3.05) is 6.61 Å². The van der Waals surface area contributed by atoms with Gasteiger partial charge in [0.25, 0.3) is 0 Å². The average Bonchev–Trinajstić information content (AvgIpc) is 2.38. The maximum absolute atomic E-state index is 12.1. The molecule has 0 radical (unpaired) electrons. The number of hydrogen-bond acceptors (Lipinski definition) is 4. The van der Waals surface area contributed by atoms with Crippen LogP contribution in [0.15, 0.2) is 29.5 Å². The van der Waals surface area contributed by atoms with Crippen LogP contribution in [0.1, 0.15) is 31.9 Å². The fourth-order valence-corrected chi connectivity index (χ4v) is 2.22. The molecule has 0 aromatic heterocycles. The van der Waals surface area contributed by atoms with Gasteiger partial charge < -0.3 is 9.84 Å². The molecule has 1 aromatic rings. The summed E-state index contributed by atoms with van der Waals surface area (Å²) in [4.78, 5) is 12.1. The Bertz CT molecular complexity index is 571. The van der Waals surface area contributed by atoms with E-state index in [-0.39, 0.29) is 29.6 Å². The molecule has 0 atom stereocenters. The maximum atomic E-state index is 12.1. The molecule has 0 unspecified atom stereocenters. The predicted octanol–water partition coefficient (Wildman–Crippen LogP) is 4.05. The minimum Gasteiger partial charge on any atom is -0.511 e. The normalized spacial score (nSPS) is 12.1. The Morgan fingerprint density at radius 3 is 2.52 bits per heavy atom. The van der Waals surface area contributed by atoms with E-state index in [1.54, 1.807) is 45.9 Å². The third-order valence-electron chi connectivity index (χ3n) is 3.00. The van der Waals surface area contributed by atoms with E-state index in [0.717, 1.165) is 5.56 Å². The van der Waals surface area contributed by atoms with Gasteiger partial charge in [0.1, 0.15) is 11.3 Å². The molecular formula is C16H20ClNO3. The van der Waals surface area contributed by atoms with Gasteiger partial charge >= 0.3 is 5.97 Å². The van der Waals surface area contributed by atoms with E-state index in [9.17, 15) is 9.90 Å². The number of esters is 1. The summed E-state index contributed by atoms with van der Waals surface area (Å²) in [5.41, 5.74) is 0.922. The molecule has 0 spiro atoms. The molecular weight excluding hydrogens is 290 g/mol. The smallest absolute Gasteiger partial charge is 0.343 e.